The highest BCUT2D eigenvalue weighted by molar-refractivity contribution is 9.25. The molecule has 116 valence electrons. The van der Waals surface area contributed by atoms with Crippen molar-refractivity contribution in [3.05, 3.63) is 0 Å². The molecule has 19 heavy (non-hydrogen) atoms. The summed E-state index contributed by atoms with van der Waals surface area (Å²) in [5.41, 5.74) is 0. The fourth-order valence-corrected chi connectivity index (χ4v) is 7.08. The average Bonchev–Trinajstić information content (AvgIpc) is 2.42. The molecule has 0 spiro atoms. The van der Waals surface area contributed by atoms with Crippen LogP contribution in [0.15, 0.2) is 0 Å². The van der Waals surface area contributed by atoms with E-state index in [9.17, 15) is 0 Å². The van der Waals surface area contributed by atoms with Gasteiger partial charge in [-0.1, -0.05) is 16.8 Å². The molecular formula is C11H26O3S4Si. The maximum atomic E-state index is 5.64. The molecule has 8 heteroatoms. The van der Waals surface area contributed by atoms with Gasteiger partial charge in [0.25, 0.3) is 0 Å². The van der Waals surface area contributed by atoms with Crippen LogP contribution < -0.4 is 0 Å². The van der Waals surface area contributed by atoms with Gasteiger partial charge < -0.3 is 9.47 Å². The zero-order valence-corrected chi connectivity index (χ0v) is 17.4. The Labute approximate surface area is 136 Å². The third kappa shape index (κ3) is 15.7. The molecule has 0 bridgehead atoms. The lowest BCUT2D eigenvalue weighted by Crippen LogP contribution is -2.14. The number of hydrogen-bond donors (Lipinski definition) is 0. The predicted octanol–water partition coefficient (Wildman–Crippen LogP) is 3.95. The second kappa shape index (κ2) is 17.5. The summed E-state index contributed by atoms with van der Waals surface area (Å²) in [6.07, 6.45) is 3.09. The van der Waals surface area contributed by atoms with E-state index in [4.69, 9.17) is 13.7 Å². The number of hydrogen-bond acceptors (Lipinski definition) is 7. The summed E-state index contributed by atoms with van der Waals surface area (Å²) >= 11 is 1.42. The fraction of sp³-hybridized carbons (Fsp3) is 1.00. The Hall–Kier alpha value is 1.50. The van der Waals surface area contributed by atoms with E-state index in [-0.39, 0.29) is 6.29 Å². The molecule has 0 rings (SSSR count). The second-order valence-corrected chi connectivity index (χ2v) is 10.3. The van der Waals surface area contributed by atoms with Crippen LogP contribution in [0, 0.1) is 0 Å². The van der Waals surface area contributed by atoms with Gasteiger partial charge in [0.15, 0.2) is 6.29 Å². The molecule has 0 heterocycles. The Bertz CT molecular complexity index is 180. The van der Waals surface area contributed by atoms with Crippen molar-refractivity contribution in [2.75, 3.05) is 25.6 Å². The monoisotopic (exact) mass is 362 g/mol. The smallest absolute Gasteiger partial charge is 0.171 e. The third-order valence-electron chi connectivity index (χ3n) is 2.12. The molecule has 3 nitrogen and oxygen atoms in total. The van der Waals surface area contributed by atoms with Crippen molar-refractivity contribution in [1.82, 2.24) is 0 Å². The summed E-state index contributed by atoms with van der Waals surface area (Å²) in [4.78, 5) is 0. The minimum Gasteiger partial charge on any atom is -0.382 e. The van der Waals surface area contributed by atoms with Crippen molar-refractivity contribution in [3.8, 4) is 0 Å². The van der Waals surface area contributed by atoms with Gasteiger partial charge in [0, 0.05) is 52.1 Å². The average molecular weight is 363 g/mol. The van der Waals surface area contributed by atoms with Gasteiger partial charge in [-0.3, -0.25) is 4.18 Å². The first kappa shape index (κ1) is 20.5. The first-order valence-corrected chi connectivity index (χ1v) is 13.1. The SMILES string of the molecule is CCOCCCC(OCC)OSSSSCCC[SiH3]. The molecule has 0 aliphatic carbocycles. The largest absolute Gasteiger partial charge is 0.382 e. The molecule has 0 amide bonds. The highest BCUT2D eigenvalue weighted by Crippen LogP contribution is 2.44. The second-order valence-electron chi connectivity index (χ2n) is 3.70. The van der Waals surface area contributed by atoms with Gasteiger partial charge in [-0.25, -0.2) is 0 Å². The van der Waals surface area contributed by atoms with Crippen LogP contribution >= 0.6 is 41.5 Å². The van der Waals surface area contributed by atoms with E-state index in [1.165, 1.54) is 39.5 Å². The van der Waals surface area contributed by atoms with Crippen LogP contribution in [-0.4, -0.2) is 42.1 Å². The van der Waals surface area contributed by atoms with Crippen LogP contribution in [0.4, 0.5) is 0 Å². The molecule has 0 radical (unpaired) electrons. The third-order valence-corrected chi connectivity index (χ3v) is 8.50. The van der Waals surface area contributed by atoms with E-state index < -0.39 is 0 Å². The standard InChI is InChI=1S/C11H26O3S4Si/c1-3-12-8-5-7-11(13-4-2)14-16-18-17-15-9-6-10-19/h11H,3-10H2,1-2,19H3. The fourth-order valence-electron chi connectivity index (χ4n) is 1.17. The van der Waals surface area contributed by atoms with Crippen LogP contribution in [0.5, 0.6) is 0 Å². The highest BCUT2D eigenvalue weighted by Gasteiger charge is 2.09. The highest BCUT2D eigenvalue weighted by atomic mass is 33.7. The Morgan fingerprint density at radius 1 is 1.11 bits per heavy atom. The summed E-state index contributed by atoms with van der Waals surface area (Å²) < 4.78 is 16.5. The van der Waals surface area contributed by atoms with Crippen LogP contribution in [0.2, 0.25) is 6.04 Å². The van der Waals surface area contributed by atoms with Crippen molar-refractivity contribution in [2.24, 2.45) is 0 Å². The lowest BCUT2D eigenvalue weighted by molar-refractivity contribution is -0.0711. The van der Waals surface area contributed by atoms with Crippen LogP contribution in [0.3, 0.4) is 0 Å². The lowest BCUT2D eigenvalue weighted by atomic mass is 10.3. The van der Waals surface area contributed by atoms with Crippen molar-refractivity contribution in [1.29, 1.82) is 0 Å². The molecule has 0 fully saturated rings. The summed E-state index contributed by atoms with van der Waals surface area (Å²) in [6, 6.07) is 1.40. The topological polar surface area (TPSA) is 27.7 Å². The molecule has 0 aromatic carbocycles. The van der Waals surface area contributed by atoms with Crippen LogP contribution in [0.25, 0.3) is 0 Å². The molecule has 0 aliphatic rings. The molecule has 0 N–H and O–H groups in total. The Morgan fingerprint density at radius 2 is 1.95 bits per heavy atom. The predicted molar refractivity (Wildman–Crippen MR) is 96.8 cm³/mol. The molecule has 0 saturated heterocycles. The van der Waals surface area contributed by atoms with E-state index in [1.54, 1.807) is 19.7 Å². The van der Waals surface area contributed by atoms with E-state index in [2.05, 4.69) is 0 Å². The van der Waals surface area contributed by atoms with Crippen LogP contribution in [0.1, 0.15) is 33.1 Å². The van der Waals surface area contributed by atoms with Gasteiger partial charge in [-0.15, -0.1) is 0 Å². The zero-order valence-electron chi connectivity index (χ0n) is 12.1. The van der Waals surface area contributed by atoms with Gasteiger partial charge in [-0.05, 0) is 36.5 Å². The van der Waals surface area contributed by atoms with E-state index in [0.717, 1.165) is 26.1 Å². The minimum atomic E-state index is -0.116. The van der Waals surface area contributed by atoms with Gasteiger partial charge in [0.05, 0.1) is 11.1 Å². The van der Waals surface area contributed by atoms with E-state index in [0.29, 0.717) is 6.61 Å². The maximum Gasteiger partial charge on any atom is 0.171 e. The molecule has 1 atom stereocenters. The summed E-state index contributed by atoms with van der Waals surface area (Å²) in [6.45, 7) is 6.26. The van der Waals surface area contributed by atoms with E-state index in [1.807, 2.05) is 24.6 Å². The molecule has 0 saturated carbocycles. The molecular weight excluding hydrogens is 336 g/mol. The molecule has 0 aliphatic heterocycles. The van der Waals surface area contributed by atoms with Crippen LogP contribution in [-0.2, 0) is 13.7 Å². The Morgan fingerprint density at radius 3 is 2.63 bits per heavy atom. The molecule has 0 aromatic heterocycles. The lowest BCUT2D eigenvalue weighted by Gasteiger charge is -2.15. The number of rotatable bonds is 15. The quantitative estimate of drug-likeness (QED) is 0.143. The van der Waals surface area contributed by atoms with Gasteiger partial charge in [-0.2, -0.15) is 0 Å². The maximum absolute atomic E-state index is 5.64. The summed E-state index contributed by atoms with van der Waals surface area (Å²) in [5.74, 6) is 1.24. The molecule has 0 aromatic rings. The van der Waals surface area contributed by atoms with Crippen molar-refractivity contribution >= 4 is 51.8 Å². The zero-order chi connectivity index (χ0) is 14.2. The van der Waals surface area contributed by atoms with Crippen molar-refractivity contribution in [3.63, 3.8) is 0 Å². The van der Waals surface area contributed by atoms with Crippen molar-refractivity contribution < 1.29 is 13.7 Å². The Kier molecular flexibility index (Phi) is 18.9. The van der Waals surface area contributed by atoms with E-state index >= 15 is 0 Å². The summed E-state index contributed by atoms with van der Waals surface area (Å²) in [7, 11) is 6.70. The van der Waals surface area contributed by atoms with Crippen molar-refractivity contribution in [2.45, 2.75) is 45.4 Å². The summed E-state index contributed by atoms with van der Waals surface area (Å²) in [5, 5.41) is 0. The minimum absolute atomic E-state index is 0.116. The first-order chi connectivity index (χ1) is 9.35. The first-order valence-electron chi connectivity index (χ1n) is 6.82. The van der Waals surface area contributed by atoms with Gasteiger partial charge >= 0.3 is 0 Å². The number of ether oxygens (including phenoxy) is 2. The van der Waals surface area contributed by atoms with Gasteiger partial charge in [0.1, 0.15) is 0 Å². The Balaban J connectivity index is 3.42. The normalized spacial score (nSPS) is 12.9. The molecule has 1 unspecified atom stereocenters. The van der Waals surface area contributed by atoms with Gasteiger partial charge in [0.2, 0.25) is 0 Å².